The first kappa shape index (κ1) is 12.1. The minimum absolute atomic E-state index is 0.124. The second-order valence-electron chi connectivity index (χ2n) is 4.81. The smallest absolute Gasteiger partial charge is 0.112 e. The van der Waals surface area contributed by atoms with Gasteiger partial charge in [-0.3, -0.25) is 0 Å². The SMILES string of the molecule is C[Si](C)(c1ccccc1)c1ccccc1CO. The lowest BCUT2D eigenvalue weighted by molar-refractivity contribution is 0.283. The Bertz CT molecular complexity index is 491. The molecular formula is C15H18OSi. The van der Waals surface area contributed by atoms with E-state index < -0.39 is 8.07 Å². The summed E-state index contributed by atoms with van der Waals surface area (Å²) in [4.78, 5) is 0. The highest BCUT2D eigenvalue weighted by atomic mass is 28.3. The van der Waals surface area contributed by atoms with E-state index in [0.717, 1.165) is 5.56 Å². The second kappa shape index (κ2) is 4.86. The van der Waals surface area contributed by atoms with Gasteiger partial charge in [0.25, 0.3) is 0 Å². The molecular weight excluding hydrogens is 224 g/mol. The Labute approximate surface area is 104 Å². The Hall–Kier alpha value is -1.38. The molecule has 0 fully saturated rings. The van der Waals surface area contributed by atoms with Gasteiger partial charge in [0.15, 0.2) is 0 Å². The van der Waals surface area contributed by atoms with Crippen LogP contribution in [-0.4, -0.2) is 13.2 Å². The number of aliphatic hydroxyl groups excluding tert-OH is 1. The monoisotopic (exact) mass is 242 g/mol. The summed E-state index contributed by atoms with van der Waals surface area (Å²) in [6.07, 6.45) is 0. The molecule has 0 amide bonds. The number of benzene rings is 2. The summed E-state index contributed by atoms with van der Waals surface area (Å²) in [5, 5.41) is 12.2. The molecule has 0 aromatic heterocycles. The van der Waals surface area contributed by atoms with Crippen molar-refractivity contribution >= 4 is 18.4 Å². The maximum atomic E-state index is 9.45. The predicted octanol–water partition coefficient (Wildman–Crippen LogP) is 2.00. The van der Waals surface area contributed by atoms with Crippen molar-refractivity contribution < 1.29 is 5.11 Å². The van der Waals surface area contributed by atoms with Crippen molar-refractivity contribution in [2.45, 2.75) is 19.7 Å². The molecule has 2 aromatic carbocycles. The molecule has 2 aromatic rings. The standard InChI is InChI=1S/C15H18OSi/c1-17(2,14-9-4-3-5-10-14)15-11-7-6-8-13(15)12-16/h3-11,16H,12H2,1-2H3. The van der Waals surface area contributed by atoms with Gasteiger partial charge in [-0.2, -0.15) is 0 Å². The third kappa shape index (κ3) is 2.33. The molecule has 0 spiro atoms. The van der Waals surface area contributed by atoms with Gasteiger partial charge in [-0.15, -0.1) is 0 Å². The lowest BCUT2D eigenvalue weighted by atomic mass is 10.2. The molecule has 2 heteroatoms. The van der Waals surface area contributed by atoms with Crippen LogP contribution in [0.5, 0.6) is 0 Å². The second-order valence-corrected chi connectivity index (χ2v) is 9.17. The first-order valence-electron chi connectivity index (χ1n) is 5.91. The van der Waals surface area contributed by atoms with Gasteiger partial charge in [-0.25, -0.2) is 0 Å². The van der Waals surface area contributed by atoms with E-state index in [0.29, 0.717) is 0 Å². The van der Waals surface area contributed by atoms with Crippen LogP contribution < -0.4 is 10.4 Å². The summed E-state index contributed by atoms with van der Waals surface area (Å²) >= 11 is 0. The fourth-order valence-electron chi connectivity index (χ4n) is 2.28. The highest BCUT2D eigenvalue weighted by Crippen LogP contribution is 2.08. The van der Waals surface area contributed by atoms with Crippen LogP contribution in [0.15, 0.2) is 54.6 Å². The van der Waals surface area contributed by atoms with E-state index in [-0.39, 0.29) is 6.61 Å². The molecule has 0 atom stereocenters. The topological polar surface area (TPSA) is 20.2 Å². The zero-order valence-corrected chi connectivity index (χ0v) is 11.4. The van der Waals surface area contributed by atoms with Crippen LogP contribution in [0.4, 0.5) is 0 Å². The van der Waals surface area contributed by atoms with Crippen LogP contribution in [0.25, 0.3) is 0 Å². The molecule has 0 heterocycles. The zero-order chi connectivity index (χ0) is 12.3. The average molecular weight is 242 g/mol. The fraction of sp³-hybridized carbons (Fsp3) is 0.200. The first-order valence-corrected chi connectivity index (χ1v) is 8.91. The zero-order valence-electron chi connectivity index (χ0n) is 10.4. The van der Waals surface area contributed by atoms with Crippen molar-refractivity contribution in [2.75, 3.05) is 0 Å². The molecule has 0 aliphatic carbocycles. The Balaban J connectivity index is 2.51. The minimum Gasteiger partial charge on any atom is -0.392 e. The highest BCUT2D eigenvalue weighted by Gasteiger charge is 2.27. The summed E-state index contributed by atoms with van der Waals surface area (Å²) in [6, 6.07) is 18.8. The number of hydrogen-bond acceptors (Lipinski definition) is 1. The van der Waals surface area contributed by atoms with E-state index in [1.165, 1.54) is 10.4 Å². The summed E-state index contributed by atoms with van der Waals surface area (Å²) in [5.41, 5.74) is 1.06. The minimum atomic E-state index is -1.68. The number of aliphatic hydroxyl groups is 1. The number of hydrogen-bond donors (Lipinski definition) is 1. The van der Waals surface area contributed by atoms with Crippen LogP contribution in [0.3, 0.4) is 0 Å². The van der Waals surface area contributed by atoms with Crippen LogP contribution in [0, 0.1) is 0 Å². The maximum absolute atomic E-state index is 9.45. The molecule has 0 saturated carbocycles. The van der Waals surface area contributed by atoms with Crippen molar-refractivity contribution in [3.05, 3.63) is 60.2 Å². The Kier molecular flexibility index (Phi) is 3.45. The molecule has 0 aliphatic rings. The third-order valence-corrected chi connectivity index (χ3v) is 6.97. The van der Waals surface area contributed by atoms with E-state index in [1.54, 1.807) is 0 Å². The van der Waals surface area contributed by atoms with Crippen LogP contribution in [0.2, 0.25) is 13.1 Å². The van der Waals surface area contributed by atoms with Gasteiger partial charge in [0.05, 0.1) is 6.61 Å². The van der Waals surface area contributed by atoms with Crippen LogP contribution in [0.1, 0.15) is 5.56 Å². The molecule has 0 bridgehead atoms. The van der Waals surface area contributed by atoms with Crippen molar-refractivity contribution in [2.24, 2.45) is 0 Å². The molecule has 1 N–H and O–H groups in total. The predicted molar refractivity (Wildman–Crippen MR) is 75.6 cm³/mol. The van der Waals surface area contributed by atoms with Gasteiger partial charge in [0.2, 0.25) is 0 Å². The van der Waals surface area contributed by atoms with Gasteiger partial charge in [-0.1, -0.05) is 72.9 Å². The Morgan fingerprint density at radius 2 is 1.47 bits per heavy atom. The van der Waals surface area contributed by atoms with E-state index in [2.05, 4.69) is 49.5 Å². The molecule has 17 heavy (non-hydrogen) atoms. The summed E-state index contributed by atoms with van der Waals surface area (Å²) < 4.78 is 0. The van der Waals surface area contributed by atoms with E-state index in [1.807, 2.05) is 18.2 Å². The quantitative estimate of drug-likeness (QED) is 0.816. The normalized spacial score (nSPS) is 11.5. The lowest BCUT2D eigenvalue weighted by Gasteiger charge is -2.25. The van der Waals surface area contributed by atoms with Gasteiger partial charge in [-0.05, 0) is 10.8 Å². The van der Waals surface area contributed by atoms with E-state index in [4.69, 9.17) is 0 Å². The van der Waals surface area contributed by atoms with Gasteiger partial charge in [0.1, 0.15) is 8.07 Å². The van der Waals surface area contributed by atoms with Crippen LogP contribution >= 0.6 is 0 Å². The molecule has 88 valence electrons. The van der Waals surface area contributed by atoms with Crippen molar-refractivity contribution in [3.8, 4) is 0 Å². The van der Waals surface area contributed by atoms with E-state index in [9.17, 15) is 5.11 Å². The molecule has 0 aliphatic heterocycles. The molecule has 2 rings (SSSR count). The Morgan fingerprint density at radius 3 is 2.12 bits per heavy atom. The lowest BCUT2D eigenvalue weighted by Crippen LogP contribution is -2.54. The average Bonchev–Trinajstić information content (AvgIpc) is 2.39. The van der Waals surface area contributed by atoms with Crippen molar-refractivity contribution in [1.82, 2.24) is 0 Å². The van der Waals surface area contributed by atoms with E-state index >= 15 is 0 Å². The summed E-state index contributed by atoms with van der Waals surface area (Å²) in [7, 11) is -1.68. The van der Waals surface area contributed by atoms with Gasteiger partial charge in [0, 0.05) is 0 Å². The van der Waals surface area contributed by atoms with Crippen molar-refractivity contribution in [3.63, 3.8) is 0 Å². The van der Waals surface area contributed by atoms with Crippen LogP contribution in [-0.2, 0) is 6.61 Å². The van der Waals surface area contributed by atoms with Gasteiger partial charge >= 0.3 is 0 Å². The molecule has 1 nitrogen and oxygen atoms in total. The summed E-state index contributed by atoms with van der Waals surface area (Å²) in [5.74, 6) is 0. The first-order chi connectivity index (χ1) is 8.16. The Morgan fingerprint density at radius 1 is 0.882 bits per heavy atom. The number of rotatable bonds is 3. The largest absolute Gasteiger partial charge is 0.392 e. The summed E-state index contributed by atoms with van der Waals surface area (Å²) in [6.45, 7) is 4.78. The van der Waals surface area contributed by atoms with Crippen molar-refractivity contribution in [1.29, 1.82) is 0 Å². The molecule has 0 radical (unpaired) electrons. The molecule has 0 saturated heterocycles. The third-order valence-electron chi connectivity index (χ3n) is 3.36. The highest BCUT2D eigenvalue weighted by molar-refractivity contribution is 7.00. The fourth-order valence-corrected chi connectivity index (χ4v) is 5.09. The maximum Gasteiger partial charge on any atom is 0.112 e. The van der Waals surface area contributed by atoms with Gasteiger partial charge < -0.3 is 5.11 Å². The molecule has 0 unspecified atom stereocenters.